The molecule has 0 aromatic rings. The highest BCUT2D eigenvalue weighted by Gasteiger charge is 2.28. The van der Waals surface area contributed by atoms with E-state index in [2.05, 4.69) is 10.6 Å². The number of amides is 3. The molecule has 0 rings (SSSR count). The molecule has 0 saturated heterocycles. The topological polar surface area (TPSA) is 87.7 Å². The smallest absolute Gasteiger partial charge is 0.230 e. The van der Waals surface area contributed by atoms with Crippen LogP contribution in [-0.2, 0) is 19.1 Å². The van der Waals surface area contributed by atoms with E-state index in [1.165, 1.54) is 4.90 Å². The summed E-state index contributed by atoms with van der Waals surface area (Å²) in [5.41, 5.74) is -0.540. The molecule has 0 aromatic heterocycles. The van der Waals surface area contributed by atoms with Crippen molar-refractivity contribution in [2.75, 3.05) is 20.2 Å². The van der Waals surface area contributed by atoms with Crippen molar-refractivity contribution in [1.82, 2.24) is 15.5 Å². The van der Waals surface area contributed by atoms with Crippen molar-refractivity contribution in [2.45, 2.75) is 73.1 Å². The second kappa shape index (κ2) is 14.0. The molecular formula is C19H39N3O4S. The zero-order chi connectivity index (χ0) is 20.3. The molecular weight excluding hydrogens is 366 g/mol. The highest BCUT2D eigenvalue weighted by molar-refractivity contribution is 7.59. The van der Waals surface area contributed by atoms with Gasteiger partial charge in [-0.15, -0.1) is 0 Å². The van der Waals surface area contributed by atoms with Gasteiger partial charge < -0.3 is 10.1 Å². The molecule has 7 nitrogen and oxygen atoms in total. The predicted octanol–water partition coefficient (Wildman–Crippen LogP) is 2.02. The monoisotopic (exact) mass is 405 g/mol. The van der Waals surface area contributed by atoms with E-state index in [0.29, 0.717) is 38.8 Å². The van der Waals surface area contributed by atoms with E-state index in [1.807, 2.05) is 41.5 Å². The van der Waals surface area contributed by atoms with Gasteiger partial charge in [0.1, 0.15) is 0 Å². The Morgan fingerprint density at radius 1 is 1.19 bits per heavy atom. The maximum absolute atomic E-state index is 12.4. The van der Waals surface area contributed by atoms with E-state index >= 15 is 0 Å². The molecule has 1 unspecified atom stereocenters. The minimum atomic E-state index is -0.540. The van der Waals surface area contributed by atoms with E-state index in [9.17, 15) is 14.4 Å². The molecule has 0 fully saturated rings. The summed E-state index contributed by atoms with van der Waals surface area (Å²) in [6.07, 6.45) is 1.64. The van der Waals surface area contributed by atoms with Crippen LogP contribution in [-0.4, -0.2) is 55.6 Å². The highest BCUT2D eigenvalue weighted by atomic mass is 32.1. The second-order valence-corrected chi connectivity index (χ2v) is 7.91. The van der Waals surface area contributed by atoms with Crippen molar-refractivity contribution in [3.8, 4) is 0 Å². The molecule has 8 heteroatoms. The Bertz CT molecular complexity index is 456. The van der Waals surface area contributed by atoms with E-state index in [-0.39, 0.29) is 37.3 Å². The standard InChI is InChI=1S/C19H37N3O4.H2S/c1-14(2)12-17(24)22(13-23)16(20-7)8-10-21-18(25)19(5,6)9-11-26-15(3)4;/h13-16,20H,8-12H2,1-7H3,(H,21,25);1H2. The summed E-state index contributed by atoms with van der Waals surface area (Å²) in [5, 5.41) is 5.87. The summed E-state index contributed by atoms with van der Waals surface area (Å²) in [4.78, 5) is 37.1. The average Bonchev–Trinajstić information content (AvgIpc) is 2.52. The van der Waals surface area contributed by atoms with E-state index in [0.717, 1.165) is 0 Å². The van der Waals surface area contributed by atoms with Gasteiger partial charge in [-0.05, 0) is 39.7 Å². The van der Waals surface area contributed by atoms with Gasteiger partial charge in [-0.2, -0.15) is 13.5 Å². The van der Waals surface area contributed by atoms with Gasteiger partial charge in [0.15, 0.2) is 0 Å². The van der Waals surface area contributed by atoms with Crippen molar-refractivity contribution >= 4 is 31.7 Å². The number of carbonyl (C=O) groups is 3. The normalized spacial score (nSPS) is 12.5. The van der Waals surface area contributed by atoms with Crippen LogP contribution in [0.15, 0.2) is 0 Å². The van der Waals surface area contributed by atoms with Crippen LogP contribution < -0.4 is 10.6 Å². The van der Waals surface area contributed by atoms with Crippen LogP contribution >= 0.6 is 13.5 Å². The van der Waals surface area contributed by atoms with Crippen molar-refractivity contribution in [3.05, 3.63) is 0 Å². The molecule has 0 bridgehead atoms. The maximum Gasteiger partial charge on any atom is 0.230 e. The van der Waals surface area contributed by atoms with Crippen molar-refractivity contribution in [3.63, 3.8) is 0 Å². The van der Waals surface area contributed by atoms with E-state index in [4.69, 9.17) is 4.74 Å². The number of nitrogens with one attached hydrogen (secondary N) is 2. The molecule has 1 atom stereocenters. The van der Waals surface area contributed by atoms with Crippen LogP contribution in [0, 0.1) is 11.3 Å². The lowest BCUT2D eigenvalue weighted by Gasteiger charge is -2.28. The number of hydrogen-bond acceptors (Lipinski definition) is 5. The SMILES string of the molecule is CNC(CCNC(=O)C(C)(C)CCOC(C)C)N(C=O)C(=O)CC(C)C.S. The molecule has 0 aliphatic rings. The van der Waals surface area contributed by atoms with Crippen LogP contribution in [0.3, 0.4) is 0 Å². The molecule has 3 amide bonds. The Hall–Kier alpha value is -1.12. The van der Waals surface area contributed by atoms with Crippen molar-refractivity contribution in [1.29, 1.82) is 0 Å². The van der Waals surface area contributed by atoms with Gasteiger partial charge >= 0.3 is 0 Å². The van der Waals surface area contributed by atoms with Crippen LogP contribution in [0.25, 0.3) is 0 Å². The molecule has 0 aliphatic heterocycles. The first kappa shape index (κ1) is 28.1. The summed E-state index contributed by atoms with van der Waals surface area (Å²) in [6.45, 7) is 12.4. The number of nitrogens with zero attached hydrogens (tertiary/aromatic N) is 1. The van der Waals surface area contributed by atoms with Gasteiger partial charge in [0.05, 0.1) is 12.3 Å². The number of carbonyl (C=O) groups excluding carboxylic acids is 3. The Kier molecular flexibility index (Phi) is 14.5. The highest BCUT2D eigenvalue weighted by Crippen LogP contribution is 2.20. The summed E-state index contributed by atoms with van der Waals surface area (Å²) >= 11 is 0. The van der Waals surface area contributed by atoms with Crippen molar-refractivity contribution < 1.29 is 19.1 Å². The fourth-order valence-electron chi connectivity index (χ4n) is 2.41. The molecule has 0 saturated carbocycles. The third-order valence-corrected chi connectivity index (χ3v) is 4.15. The summed E-state index contributed by atoms with van der Waals surface area (Å²) in [7, 11) is 1.69. The van der Waals surface area contributed by atoms with Gasteiger partial charge in [0, 0.05) is 25.0 Å². The van der Waals surface area contributed by atoms with Gasteiger partial charge in [-0.3, -0.25) is 24.6 Å². The quantitative estimate of drug-likeness (QED) is 0.362. The maximum atomic E-state index is 12.4. The zero-order valence-electron chi connectivity index (χ0n) is 17.9. The van der Waals surface area contributed by atoms with Crippen LogP contribution in [0.4, 0.5) is 0 Å². The molecule has 2 N–H and O–H groups in total. The Morgan fingerprint density at radius 3 is 2.22 bits per heavy atom. The van der Waals surface area contributed by atoms with Crippen LogP contribution in [0.2, 0.25) is 0 Å². The molecule has 0 aromatic carbocycles. The number of ether oxygens (including phenoxy) is 1. The minimum absolute atomic E-state index is 0. The lowest BCUT2D eigenvalue weighted by Crippen LogP contribution is -2.49. The summed E-state index contributed by atoms with van der Waals surface area (Å²) < 4.78 is 5.52. The molecule has 0 heterocycles. The number of hydrogen-bond donors (Lipinski definition) is 2. The Morgan fingerprint density at radius 2 is 1.78 bits per heavy atom. The Labute approximate surface area is 171 Å². The summed E-state index contributed by atoms with van der Waals surface area (Å²) in [6, 6.07) is 0. The van der Waals surface area contributed by atoms with Gasteiger partial charge in [0.2, 0.25) is 18.2 Å². The molecule has 27 heavy (non-hydrogen) atoms. The van der Waals surface area contributed by atoms with Crippen LogP contribution in [0.1, 0.15) is 60.8 Å². The predicted molar refractivity (Wildman–Crippen MR) is 113 cm³/mol. The minimum Gasteiger partial charge on any atom is -0.379 e. The van der Waals surface area contributed by atoms with Crippen molar-refractivity contribution in [2.24, 2.45) is 11.3 Å². The average molecular weight is 406 g/mol. The van der Waals surface area contributed by atoms with Crippen LogP contribution in [0.5, 0.6) is 0 Å². The lowest BCUT2D eigenvalue weighted by molar-refractivity contribution is -0.142. The molecule has 160 valence electrons. The molecule has 0 aliphatic carbocycles. The Balaban J connectivity index is 0. The number of imide groups is 1. The first-order valence-electron chi connectivity index (χ1n) is 9.38. The fraction of sp³-hybridized carbons (Fsp3) is 0.842. The molecule has 0 radical (unpaired) electrons. The van der Waals surface area contributed by atoms with E-state index in [1.54, 1.807) is 7.05 Å². The fourth-order valence-corrected chi connectivity index (χ4v) is 2.41. The third-order valence-electron chi connectivity index (χ3n) is 4.15. The van der Waals surface area contributed by atoms with Gasteiger partial charge in [-0.25, -0.2) is 0 Å². The zero-order valence-corrected chi connectivity index (χ0v) is 18.9. The van der Waals surface area contributed by atoms with Gasteiger partial charge in [-0.1, -0.05) is 27.7 Å². The largest absolute Gasteiger partial charge is 0.379 e. The number of rotatable bonds is 13. The molecule has 0 spiro atoms. The first-order chi connectivity index (χ1) is 12.0. The van der Waals surface area contributed by atoms with E-state index < -0.39 is 11.6 Å². The first-order valence-corrected chi connectivity index (χ1v) is 9.38. The third kappa shape index (κ3) is 11.3. The summed E-state index contributed by atoms with van der Waals surface area (Å²) in [5.74, 6) is -0.103. The lowest BCUT2D eigenvalue weighted by atomic mass is 9.88. The second-order valence-electron chi connectivity index (χ2n) is 7.91. The van der Waals surface area contributed by atoms with Gasteiger partial charge in [0.25, 0.3) is 0 Å².